The highest BCUT2D eigenvalue weighted by atomic mass is 19.1. The summed E-state index contributed by atoms with van der Waals surface area (Å²) in [5.41, 5.74) is 2.70. The van der Waals surface area contributed by atoms with Crippen molar-refractivity contribution in [3.63, 3.8) is 0 Å². The molecule has 1 aliphatic carbocycles. The Hall–Kier alpha value is -3.28. The standard InChI is InChI=1S/C25H24FNO4/c1-15-3-4-16(2)20(13-15)22-23(25(27-24(22)30)11-9-19(28)10-12-25)31-21(29)14-17-5-7-18(26)8-6-17/h3-8,13H,9-12,14H2,1-2H3,(H,27,30). The lowest BCUT2D eigenvalue weighted by Gasteiger charge is -2.34. The largest absolute Gasteiger partial charge is 0.427 e. The fraction of sp³-hybridized carbons (Fsp3) is 0.320. The third-order valence-electron chi connectivity index (χ3n) is 6.04. The van der Waals surface area contributed by atoms with Crippen molar-refractivity contribution >= 4 is 23.2 Å². The number of rotatable bonds is 4. The van der Waals surface area contributed by atoms with Crippen LogP contribution in [0.15, 0.2) is 48.2 Å². The van der Waals surface area contributed by atoms with E-state index in [1.807, 2.05) is 32.0 Å². The van der Waals surface area contributed by atoms with Gasteiger partial charge in [0.15, 0.2) is 0 Å². The number of hydrogen-bond donors (Lipinski definition) is 1. The molecule has 2 aliphatic rings. The van der Waals surface area contributed by atoms with E-state index in [1.54, 1.807) is 0 Å². The molecule has 6 heteroatoms. The number of Topliss-reactive ketones (excluding diaryl/α,β-unsaturated/α-hetero) is 1. The zero-order valence-corrected chi connectivity index (χ0v) is 17.6. The number of ketones is 1. The Kier molecular flexibility index (Phi) is 5.48. The quantitative estimate of drug-likeness (QED) is 0.759. The number of ether oxygens (including phenoxy) is 1. The minimum absolute atomic E-state index is 0.0486. The molecule has 0 radical (unpaired) electrons. The van der Waals surface area contributed by atoms with Crippen molar-refractivity contribution in [1.82, 2.24) is 5.32 Å². The zero-order valence-electron chi connectivity index (χ0n) is 17.6. The Balaban J connectivity index is 1.74. The number of esters is 1. The maximum absolute atomic E-state index is 13.2. The minimum Gasteiger partial charge on any atom is -0.427 e. The molecule has 1 spiro atoms. The molecule has 0 aromatic heterocycles. The predicted molar refractivity (Wildman–Crippen MR) is 113 cm³/mol. The van der Waals surface area contributed by atoms with Crippen molar-refractivity contribution < 1.29 is 23.5 Å². The van der Waals surface area contributed by atoms with Crippen molar-refractivity contribution in [3.8, 4) is 0 Å². The van der Waals surface area contributed by atoms with Crippen LogP contribution in [0.2, 0.25) is 0 Å². The minimum atomic E-state index is -0.866. The molecule has 0 bridgehead atoms. The maximum atomic E-state index is 13.2. The Morgan fingerprint density at radius 1 is 1.06 bits per heavy atom. The molecule has 1 aliphatic heterocycles. The lowest BCUT2D eigenvalue weighted by atomic mass is 9.79. The first-order chi connectivity index (χ1) is 14.8. The molecule has 2 aromatic rings. The molecule has 0 saturated heterocycles. The van der Waals surface area contributed by atoms with Gasteiger partial charge in [0.05, 0.1) is 12.0 Å². The van der Waals surface area contributed by atoms with Crippen LogP contribution in [0.5, 0.6) is 0 Å². The molecule has 31 heavy (non-hydrogen) atoms. The van der Waals surface area contributed by atoms with Crippen molar-refractivity contribution in [2.45, 2.75) is 51.5 Å². The Labute approximate surface area is 180 Å². The van der Waals surface area contributed by atoms with Crippen LogP contribution in [0.25, 0.3) is 5.57 Å². The van der Waals surface area contributed by atoms with Gasteiger partial charge in [0.2, 0.25) is 0 Å². The van der Waals surface area contributed by atoms with Crippen molar-refractivity contribution in [2.75, 3.05) is 0 Å². The first-order valence-corrected chi connectivity index (χ1v) is 10.4. The van der Waals surface area contributed by atoms with E-state index in [9.17, 15) is 18.8 Å². The van der Waals surface area contributed by atoms with Crippen LogP contribution < -0.4 is 5.32 Å². The highest BCUT2D eigenvalue weighted by Gasteiger charge is 2.49. The lowest BCUT2D eigenvalue weighted by molar-refractivity contribution is -0.140. The average Bonchev–Trinajstić information content (AvgIpc) is 2.99. The molecule has 1 fully saturated rings. The number of carbonyl (C=O) groups excluding carboxylic acids is 3. The van der Waals surface area contributed by atoms with E-state index in [4.69, 9.17) is 4.74 Å². The van der Waals surface area contributed by atoms with Crippen LogP contribution >= 0.6 is 0 Å². The molecule has 1 N–H and O–H groups in total. The second kappa shape index (κ2) is 8.10. The van der Waals surface area contributed by atoms with E-state index >= 15 is 0 Å². The van der Waals surface area contributed by atoms with Gasteiger partial charge in [0.25, 0.3) is 5.91 Å². The Morgan fingerprint density at radius 2 is 1.74 bits per heavy atom. The number of benzene rings is 2. The highest BCUT2D eigenvalue weighted by Crippen LogP contribution is 2.43. The number of halogens is 1. The van der Waals surface area contributed by atoms with Crippen LogP contribution in [0.3, 0.4) is 0 Å². The molecule has 0 atom stereocenters. The summed E-state index contributed by atoms with van der Waals surface area (Å²) in [6, 6.07) is 11.4. The molecule has 4 rings (SSSR count). The van der Waals surface area contributed by atoms with E-state index in [0.717, 1.165) is 16.7 Å². The van der Waals surface area contributed by atoms with Gasteiger partial charge in [-0.2, -0.15) is 0 Å². The maximum Gasteiger partial charge on any atom is 0.315 e. The summed E-state index contributed by atoms with van der Waals surface area (Å²) in [6.45, 7) is 3.84. The molecular weight excluding hydrogens is 397 g/mol. The van der Waals surface area contributed by atoms with Gasteiger partial charge in [-0.1, -0.05) is 35.9 Å². The predicted octanol–water partition coefficient (Wildman–Crippen LogP) is 3.95. The normalized spacial score (nSPS) is 17.8. The second-order valence-electron chi connectivity index (χ2n) is 8.37. The number of aryl methyl sites for hydroxylation is 2. The molecule has 1 amide bonds. The number of hydrogen-bond acceptors (Lipinski definition) is 4. The highest BCUT2D eigenvalue weighted by molar-refractivity contribution is 6.24. The summed E-state index contributed by atoms with van der Waals surface area (Å²) < 4.78 is 19.0. The molecule has 160 valence electrons. The molecular formula is C25H24FNO4. The summed E-state index contributed by atoms with van der Waals surface area (Å²) >= 11 is 0. The molecule has 1 saturated carbocycles. The zero-order chi connectivity index (χ0) is 22.2. The van der Waals surface area contributed by atoms with Crippen LogP contribution in [-0.4, -0.2) is 23.2 Å². The number of amides is 1. The fourth-order valence-electron chi connectivity index (χ4n) is 4.30. The summed E-state index contributed by atoms with van der Waals surface area (Å²) in [6.07, 6.45) is 1.38. The van der Waals surface area contributed by atoms with Gasteiger partial charge in [-0.25, -0.2) is 4.39 Å². The van der Waals surface area contributed by atoms with E-state index in [-0.39, 0.29) is 23.9 Å². The van der Waals surface area contributed by atoms with Crippen LogP contribution in [-0.2, 0) is 25.5 Å². The van der Waals surface area contributed by atoms with Gasteiger partial charge in [0.1, 0.15) is 22.9 Å². The van der Waals surface area contributed by atoms with Gasteiger partial charge in [-0.3, -0.25) is 14.4 Å². The Bertz CT molecular complexity index is 1090. The first kappa shape index (κ1) is 21.0. The number of carbonyl (C=O) groups is 3. The van der Waals surface area contributed by atoms with Crippen molar-refractivity contribution in [2.24, 2.45) is 0 Å². The number of nitrogens with one attached hydrogen (secondary N) is 1. The molecule has 1 heterocycles. The van der Waals surface area contributed by atoms with E-state index in [2.05, 4.69) is 5.32 Å². The van der Waals surface area contributed by atoms with E-state index < -0.39 is 11.5 Å². The summed E-state index contributed by atoms with van der Waals surface area (Å²) in [4.78, 5) is 37.8. The lowest BCUT2D eigenvalue weighted by Crippen LogP contribution is -2.48. The monoisotopic (exact) mass is 421 g/mol. The third kappa shape index (κ3) is 4.15. The van der Waals surface area contributed by atoms with Gasteiger partial charge in [0, 0.05) is 12.8 Å². The SMILES string of the molecule is Cc1ccc(C)c(C2=C(OC(=O)Cc3ccc(F)cc3)C3(CCC(=O)CC3)NC2=O)c1. The van der Waals surface area contributed by atoms with Crippen LogP contribution in [0.4, 0.5) is 4.39 Å². The smallest absolute Gasteiger partial charge is 0.315 e. The van der Waals surface area contributed by atoms with Crippen LogP contribution in [0, 0.1) is 19.7 Å². The topological polar surface area (TPSA) is 72.5 Å². The van der Waals surface area contributed by atoms with Gasteiger partial charge < -0.3 is 10.1 Å². The van der Waals surface area contributed by atoms with Crippen molar-refractivity contribution in [3.05, 3.63) is 76.3 Å². The van der Waals surface area contributed by atoms with Gasteiger partial charge in [-0.15, -0.1) is 0 Å². The summed E-state index contributed by atoms with van der Waals surface area (Å²) in [5, 5.41) is 3.02. The van der Waals surface area contributed by atoms with Crippen molar-refractivity contribution in [1.29, 1.82) is 0 Å². The summed E-state index contributed by atoms with van der Waals surface area (Å²) in [7, 11) is 0. The van der Waals surface area contributed by atoms with E-state index in [1.165, 1.54) is 24.3 Å². The van der Waals surface area contributed by atoms with Gasteiger partial charge in [-0.05, 0) is 55.5 Å². The molecule has 0 unspecified atom stereocenters. The second-order valence-corrected chi connectivity index (χ2v) is 8.37. The fourth-order valence-corrected chi connectivity index (χ4v) is 4.30. The first-order valence-electron chi connectivity index (χ1n) is 10.4. The third-order valence-corrected chi connectivity index (χ3v) is 6.04. The average molecular weight is 421 g/mol. The van der Waals surface area contributed by atoms with E-state index in [0.29, 0.717) is 42.6 Å². The van der Waals surface area contributed by atoms with Crippen LogP contribution in [0.1, 0.15) is 47.9 Å². The molecule has 2 aromatic carbocycles. The Morgan fingerprint density at radius 3 is 2.42 bits per heavy atom. The van der Waals surface area contributed by atoms with Gasteiger partial charge >= 0.3 is 5.97 Å². The summed E-state index contributed by atoms with van der Waals surface area (Å²) in [5.74, 6) is -0.777. The molecule has 5 nitrogen and oxygen atoms in total.